The SMILES string of the molecule is C[C@]12CCCS[C@@H]1CC[C@@H]1[C@@H]2CC[C@]2(C)C(=O)CC[C@@H]12. The van der Waals surface area contributed by atoms with E-state index in [1.807, 2.05) is 0 Å². The molecule has 4 rings (SSSR count). The summed E-state index contributed by atoms with van der Waals surface area (Å²) in [4.78, 5) is 12.4. The molecule has 1 nitrogen and oxygen atoms in total. The lowest BCUT2D eigenvalue weighted by Crippen LogP contribution is -2.54. The summed E-state index contributed by atoms with van der Waals surface area (Å²) in [7, 11) is 0. The number of thioether (sulfide) groups is 1. The zero-order valence-electron chi connectivity index (χ0n) is 13.0. The van der Waals surface area contributed by atoms with Crippen molar-refractivity contribution in [3.05, 3.63) is 0 Å². The van der Waals surface area contributed by atoms with Gasteiger partial charge in [-0.05, 0) is 73.9 Å². The van der Waals surface area contributed by atoms with Crippen LogP contribution in [0.1, 0.15) is 65.2 Å². The van der Waals surface area contributed by atoms with E-state index >= 15 is 0 Å². The molecule has 3 saturated carbocycles. The summed E-state index contributed by atoms with van der Waals surface area (Å²) in [6.45, 7) is 4.90. The average Bonchev–Trinajstić information content (AvgIpc) is 2.74. The number of rotatable bonds is 0. The smallest absolute Gasteiger partial charge is 0.139 e. The maximum Gasteiger partial charge on any atom is 0.139 e. The van der Waals surface area contributed by atoms with E-state index in [9.17, 15) is 4.79 Å². The normalized spacial score (nSPS) is 55.0. The van der Waals surface area contributed by atoms with Gasteiger partial charge in [0.2, 0.25) is 0 Å². The predicted octanol–water partition coefficient (Wildman–Crippen LogP) is 4.69. The highest BCUT2D eigenvalue weighted by molar-refractivity contribution is 8.00. The molecule has 0 bridgehead atoms. The number of carbonyl (C=O) groups is 1. The molecule has 1 saturated heterocycles. The first-order valence-electron chi connectivity index (χ1n) is 8.70. The molecular weight excluding hydrogens is 264 g/mol. The van der Waals surface area contributed by atoms with Crippen molar-refractivity contribution in [3.8, 4) is 0 Å². The molecule has 0 spiro atoms. The fourth-order valence-electron chi connectivity index (χ4n) is 6.49. The summed E-state index contributed by atoms with van der Waals surface area (Å²) < 4.78 is 0. The van der Waals surface area contributed by atoms with Crippen LogP contribution in [0.25, 0.3) is 0 Å². The van der Waals surface area contributed by atoms with Crippen LogP contribution in [0.5, 0.6) is 0 Å². The number of fused-ring (bicyclic) bond motifs is 5. The van der Waals surface area contributed by atoms with E-state index in [1.54, 1.807) is 0 Å². The number of hydrogen-bond acceptors (Lipinski definition) is 2. The van der Waals surface area contributed by atoms with Crippen molar-refractivity contribution in [2.45, 2.75) is 70.5 Å². The zero-order chi connectivity index (χ0) is 14.0. The minimum Gasteiger partial charge on any atom is -0.299 e. The van der Waals surface area contributed by atoms with Crippen molar-refractivity contribution in [1.82, 2.24) is 0 Å². The topological polar surface area (TPSA) is 17.1 Å². The van der Waals surface area contributed by atoms with Crippen LogP contribution in [0.2, 0.25) is 0 Å². The summed E-state index contributed by atoms with van der Waals surface area (Å²) in [5, 5.41) is 0.916. The van der Waals surface area contributed by atoms with Crippen LogP contribution >= 0.6 is 11.8 Å². The molecule has 0 radical (unpaired) electrons. The summed E-state index contributed by atoms with van der Waals surface area (Å²) in [6, 6.07) is 0. The highest BCUT2D eigenvalue weighted by Crippen LogP contribution is 2.64. The van der Waals surface area contributed by atoms with Gasteiger partial charge in [0.25, 0.3) is 0 Å². The van der Waals surface area contributed by atoms with Crippen molar-refractivity contribution in [3.63, 3.8) is 0 Å². The third kappa shape index (κ3) is 1.66. The van der Waals surface area contributed by atoms with Crippen molar-refractivity contribution in [2.24, 2.45) is 28.6 Å². The van der Waals surface area contributed by atoms with E-state index in [0.717, 1.165) is 29.4 Å². The molecule has 0 unspecified atom stereocenters. The van der Waals surface area contributed by atoms with Crippen molar-refractivity contribution in [1.29, 1.82) is 0 Å². The molecule has 20 heavy (non-hydrogen) atoms. The quantitative estimate of drug-likeness (QED) is 0.644. The Labute approximate surface area is 127 Å². The molecule has 0 aromatic rings. The largest absolute Gasteiger partial charge is 0.299 e. The first-order valence-corrected chi connectivity index (χ1v) is 9.75. The molecule has 2 heteroatoms. The summed E-state index contributed by atoms with van der Waals surface area (Å²) in [6.07, 6.45) is 10.3. The molecule has 112 valence electrons. The van der Waals surface area contributed by atoms with Crippen molar-refractivity contribution >= 4 is 17.5 Å². The van der Waals surface area contributed by atoms with Gasteiger partial charge in [0, 0.05) is 17.1 Å². The Kier molecular flexibility index (Phi) is 3.08. The van der Waals surface area contributed by atoms with Crippen LogP contribution in [0.3, 0.4) is 0 Å². The molecule has 4 aliphatic rings. The summed E-state index contributed by atoms with van der Waals surface area (Å²) in [5.41, 5.74) is 0.644. The second-order valence-corrected chi connectivity index (χ2v) is 9.65. The Hall–Kier alpha value is 0.0200. The highest BCUT2D eigenvalue weighted by Gasteiger charge is 2.59. The van der Waals surface area contributed by atoms with Gasteiger partial charge in [-0.1, -0.05) is 13.8 Å². The lowest BCUT2D eigenvalue weighted by atomic mass is 9.49. The van der Waals surface area contributed by atoms with Gasteiger partial charge in [-0.2, -0.15) is 11.8 Å². The lowest BCUT2D eigenvalue weighted by Gasteiger charge is -2.59. The first kappa shape index (κ1) is 13.7. The lowest BCUT2D eigenvalue weighted by molar-refractivity contribution is -0.133. The fraction of sp³-hybridized carbons (Fsp3) is 0.944. The van der Waals surface area contributed by atoms with Gasteiger partial charge in [-0.3, -0.25) is 4.79 Å². The third-order valence-electron chi connectivity index (χ3n) is 7.67. The molecule has 6 atom stereocenters. The Balaban J connectivity index is 1.66. The average molecular weight is 292 g/mol. The molecule has 4 fully saturated rings. The molecule has 0 aromatic heterocycles. The van der Waals surface area contributed by atoms with E-state index in [4.69, 9.17) is 0 Å². The molecule has 1 aliphatic heterocycles. The van der Waals surface area contributed by atoms with E-state index < -0.39 is 0 Å². The van der Waals surface area contributed by atoms with Gasteiger partial charge in [0.1, 0.15) is 5.78 Å². The summed E-state index contributed by atoms with van der Waals surface area (Å²) >= 11 is 2.26. The van der Waals surface area contributed by atoms with Gasteiger partial charge in [0.05, 0.1) is 0 Å². The standard InChI is InChI=1S/C18H28OS/c1-17-10-8-14-12(13(17)5-6-15(17)19)4-7-16-18(14,2)9-3-11-20-16/h12-14,16H,3-11H2,1-2H3/t12-,13-,14-,16+,17-,18+/m0/s1. The van der Waals surface area contributed by atoms with Crippen molar-refractivity contribution < 1.29 is 4.79 Å². The van der Waals surface area contributed by atoms with Gasteiger partial charge >= 0.3 is 0 Å². The molecule has 0 aromatic carbocycles. The Morgan fingerprint density at radius 3 is 2.75 bits per heavy atom. The Bertz CT molecular complexity index is 433. The van der Waals surface area contributed by atoms with Crippen LogP contribution < -0.4 is 0 Å². The highest BCUT2D eigenvalue weighted by atomic mass is 32.2. The van der Waals surface area contributed by atoms with Gasteiger partial charge in [0.15, 0.2) is 0 Å². The maximum absolute atomic E-state index is 12.4. The van der Waals surface area contributed by atoms with E-state index in [1.165, 1.54) is 50.7 Å². The van der Waals surface area contributed by atoms with Gasteiger partial charge < -0.3 is 0 Å². The minimum atomic E-state index is 0.0617. The van der Waals surface area contributed by atoms with Crippen molar-refractivity contribution in [2.75, 3.05) is 5.75 Å². The van der Waals surface area contributed by atoms with Crippen LogP contribution in [-0.4, -0.2) is 16.8 Å². The molecule has 1 heterocycles. The first-order chi connectivity index (χ1) is 9.56. The van der Waals surface area contributed by atoms with Gasteiger partial charge in [-0.15, -0.1) is 0 Å². The zero-order valence-corrected chi connectivity index (χ0v) is 13.8. The molecule has 0 amide bonds. The number of Topliss-reactive ketones (excluding diaryl/α,β-unsaturated/α-hetero) is 1. The molecule has 3 aliphatic carbocycles. The fourth-order valence-corrected chi connectivity index (χ4v) is 8.06. The van der Waals surface area contributed by atoms with Gasteiger partial charge in [-0.25, -0.2) is 0 Å². The Morgan fingerprint density at radius 2 is 1.90 bits per heavy atom. The second-order valence-electron chi connectivity index (χ2n) is 8.34. The van der Waals surface area contributed by atoms with E-state index in [0.29, 0.717) is 11.2 Å². The van der Waals surface area contributed by atoms with Crippen LogP contribution in [0.15, 0.2) is 0 Å². The maximum atomic E-state index is 12.4. The second kappa shape index (κ2) is 4.51. The van der Waals surface area contributed by atoms with E-state index in [2.05, 4.69) is 25.6 Å². The molecule has 0 N–H and O–H groups in total. The Morgan fingerprint density at radius 1 is 1.05 bits per heavy atom. The van der Waals surface area contributed by atoms with E-state index in [-0.39, 0.29) is 5.41 Å². The third-order valence-corrected chi connectivity index (χ3v) is 9.37. The molecular formula is C18H28OS. The predicted molar refractivity (Wildman–Crippen MR) is 84.9 cm³/mol. The minimum absolute atomic E-state index is 0.0617. The number of ketones is 1. The van der Waals surface area contributed by atoms with Crippen LogP contribution in [-0.2, 0) is 4.79 Å². The monoisotopic (exact) mass is 292 g/mol. The summed E-state index contributed by atoms with van der Waals surface area (Å²) in [5.74, 6) is 4.47. The van der Waals surface area contributed by atoms with Crippen LogP contribution in [0.4, 0.5) is 0 Å². The van der Waals surface area contributed by atoms with Crippen LogP contribution in [0, 0.1) is 28.6 Å². The number of carbonyl (C=O) groups excluding carboxylic acids is 1. The number of hydrogen-bond donors (Lipinski definition) is 0.